The molecule has 0 aromatic heterocycles. The van der Waals surface area contributed by atoms with Crippen molar-refractivity contribution in [1.29, 1.82) is 0 Å². The van der Waals surface area contributed by atoms with Crippen molar-refractivity contribution in [2.45, 2.75) is 4.90 Å². The fourth-order valence-electron chi connectivity index (χ4n) is 3.42. The van der Waals surface area contributed by atoms with E-state index in [9.17, 15) is 18.5 Å². The summed E-state index contributed by atoms with van der Waals surface area (Å²) in [6.45, 7) is 0. The standard InChI is InChI=1S/C25H21N5O4S/c26-35(33,34)23-15-16-24(25(17-23)30(31)32)28-27-18-19-11-13-22(14-12-19)29(20-7-3-1-4-8-20)21-9-5-2-6-10-21/h1-18,28H,(H2,26,33,34). The highest BCUT2D eigenvalue weighted by atomic mass is 32.2. The molecule has 3 N–H and O–H groups in total. The number of nitrogens with one attached hydrogen (secondary N) is 1. The fourth-order valence-corrected chi connectivity index (χ4v) is 3.95. The summed E-state index contributed by atoms with van der Waals surface area (Å²) in [6.07, 6.45) is 1.51. The molecule has 4 rings (SSSR count). The molecule has 0 heterocycles. The Morgan fingerprint density at radius 3 is 1.89 bits per heavy atom. The first-order valence-corrected chi connectivity index (χ1v) is 12.0. The lowest BCUT2D eigenvalue weighted by Crippen LogP contribution is -2.12. The van der Waals surface area contributed by atoms with Crippen LogP contribution in [0.25, 0.3) is 0 Å². The van der Waals surface area contributed by atoms with Gasteiger partial charge in [-0.3, -0.25) is 15.5 Å². The first-order valence-electron chi connectivity index (χ1n) is 10.4. The highest BCUT2D eigenvalue weighted by Crippen LogP contribution is 2.34. The highest BCUT2D eigenvalue weighted by molar-refractivity contribution is 7.89. The number of primary sulfonamides is 1. The molecule has 10 heteroatoms. The molecule has 0 fully saturated rings. The summed E-state index contributed by atoms with van der Waals surface area (Å²) in [6, 6.07) is 30.9. The molecule has 176 valence electrons. The van der Waals surface area contributed by atoms with Gasteiger partial charge in [0.15, 0.2) is 0 Å². The van der Waals surface area contributed by atoms with E-state index in [0.717, 1.165) is 28.7 Å². The zero-order chi connectivity index (χ0) is 24.8. The highest BCUT2D eigenvalue weighted by Gasteiger charge is 2.19. The number of anilines is 4. The van der Waals surface area contributed by atoms with Crippen molar-refractivity contribution in [1.82, 2.24) is 0 Å². The number of para-hydroxylation sites is 2. The molecule has 0 atom stereocenters. The number of hydrogen-bond donors (Lipinski definition) is 2. The first kappa shape index (κ1) is 23.6. The van der Waals surface area contributed by atoms with Crippen molar-refractivity contribution in [3.63, 3.8) is 0 Å². The van der Waals surface area contributed by atoms with Gasteiger partial charge < -0.3 is 4.90 Å². The largest absolute Gasteiger partial charge is 0.311 e. The third-order valence-corrected chi connectivity index (χ3v) is 5.98. The summed E-state index contributed by atoms with van der Waals surface area (Å²) in [5, 5.41) is 20.5. The number of hydrogen-bond acceptors (Lipinski definition) is 7. The van der Waals surface area contributed by atoms with E-state index in [0.29, 0.717) is 0 Å². The predicted octanol–water partition coefficient (Wildman–Crippen LogP) is 5.16. The Balaban J connectivity index is 1.56. The van der Waals surface area contributed by atoms with Crippen molar-refractivity contribution in [3.05, 3.63) is 119 Å². The quantitative estimate of drug-likeness (QED) is 0.201. The average Bonchev–Trinajstić information content (AvgIpc) is 2.86. The number of sulfonamides is 1. The lowest BCUT2D eigenvalue weighted by atomic mass is 10.1. The molecule has 0 aliphatic heterocycles. The SMILES string of the molecule is NS(=O)(=O)c1ccc(NN=Cc2ccc(N(c3ccccc3)c3ccccc3)cc2)c([N+](=O)[O-])c1. The number of benzene rings is 4. The van der Waals surface area contributed by atoms with Crippen LogP contribution in [0.15, 0.2) is 113 Å². The Bertz CT molecular complexity index is 1420. The van der Waals surface area contributed by atoms with Gasteiger partial charge in [-0.15, -0.1) is 0 Å². The Morgan fingerprint density at radius 2 is 1.37 bits per heavy atom. The molecule has 0 aliphatic rings. The Morgan fingerprint density at radius 1 is 0.829 bits per heavy atom. The molecule has 0 bridgehead atoms. The van der Waals surface area contributed by atoms with Crippen molar-refractivity contribution < 1.29 is 13.3 Å². The van der Waals surface area contributed by atoms with E-state index in [1.54, 1.807) is 0 Å². The molecule has 0 saturated carbocycles. The number of rotatable bonds is 8. The maximum Gasteiger partial charge on any atom is 0.295 e. The zero-order valence-corrected chi connectivity index (χ0v) is 19.2. The normalized spacial score (nSPS) is 11.3. The van der Waals surface area contributed by atoms with Gasteiger partial charge in [0.1, 0.15) is 5.69 Å². The zero-order valence-electron chi connectivity index (χ0n) is 18.4. The fraction of sp³-hybridized carbons (Fsp3) is 0. The van der Waals surface area contributed by atoms with Gasteiger partial charge >= 0.3 is 0 Å². The van der Waals surface area contributed by atoms with E-state index in [1.165, 1.54) is 18.3 Å². The second-order valence-electron chi connectivity index (χ2n) is 7.45. The lowest BCUT2D eigenvalue weighted by molar-refractivity contribution is -0.384. The molecule has 0 radical (unpaired) electrons. The lowest BCUT2D eigenvalue weighted by Gasteiger charge is -2.25. The van der Waals surface area contributed by atoms with Crippen LogP contribution in [-0.4, -0.2) is 19.6 Å². The minimum atomic E-state index is -4.07. The molecular formula is C25H21N5O4S. The Hall–Kier alpha value is -4.54. The van der Waals surface area contributed by atoms with Crippen molar-refractivity contribution >= 4 is 44.7 Å². The molecular weight excluding hydrogens is 466 g/mol. The molecule has 0 aliphatic carbocycles. The number of nitro benzene ring substituents is 1. The van der Waals surface area contributed by atoms with Gasteiger partial charge in [-0.05, 0) is 54.1 Å². The van der Waals surface area contributed by atoms with Crippen LogP contribution in [0.5, 0.6) is 0 Å². The summed E-state index contributed by atoms with van der Waals surface area (Å²) in [7, 11) is -4.07. The maximum absolute atomic E-state index is 11.5. The summed E-state index contributed by atoms with van der Waals surface area (Å²) in [5.41, 5.74) is 5.90. The van der Waals surface area contributed by atoms with Crippen LogP contribution in [0.1, 0.15) is 5.56 Å². The molecule has 0 amide bonds. The maximum atomic E-state index is 11.5. The summed E-state index contributed by atoms with van der Waals surface area (Å²) < 4.78 is 23.0. The van der Waals surface area contributed by atoms with E-state index in [4.69, 9.17) is 5.14 Å². The first-order chi connectivity index (χ1) is 16.8. The monoisotopic (exact) mass is 487 g/mol. The van der Waals surface area contributed by atoms with Gasteiger partial charge in [0, 0.05) is 23.1 Å². The number of nitrogens with zero attached hydrogens (tertiary/aromatic N) is 3. The van der Waals surface area contributed by atoms with Gasteiger partial charge in [0.25, 0.3) is 5.69 Å². The van der Waals surface area contributed by atoms with Crippen LogP contribution >= 0.6 is 0 Å². The van der Waals surface area contributed by atoms with E-state index in [-0.39, 0.29) is 10.6 Å². The minimum Gasteiger partial charge on any atom is -0.311 e. The predicted molar refractivity (Wildman–Crippen MR) is 137 cm³/mol. The van der Waals surface area contributed by atoms with Gasteiger partial charge in [-0.25, -0.2) is 13.6 Å². The van der Waals surface area contributed by atoms with Gasteiger partial charge in [0.2, 0.25) is 10.0 Å². The summed E-state index contributed by atoms with van der Waals surface area (Å²) in [4.78, 5) is 12.4. The van der Waals surface area contributed by atoms with E-state index in [1.807, 2.05) is 84.9 Å². The van der Waals surface area contributed by atoms with Gasteiger partial charge in [-0.2, -0.15) is 5.10 Å². The van der Waals surface area contributed by atoms with Crippen molar-refractivity contribution in [2.24, 2.45) is 10.2 Å². The third kappa shape index (κ3) is 5.69. The summed E-state index contributed by atoms with van der Waals surface area (Å²) >= 11 is 0. The topological polar surface area (TPSA) is 131 Å². The van der Waals surface area contributed by atoms with Crippen LogP contribution < -0.4 is 15.5 Å². The molecule has 35 heavy (non-hydrogen) atoms. The van der Waals surface area contributed by atoms with Crippen LogP contribution in [0.3, 0.4) is 0 Å². The number of hydrazone groups is 1. The van der Waals surface area contributed by atoms with Crippen molar-refractivity contribution in [3.8, 4) is 0 Å². The molecule has 4 aromatic rings. The second kappa shape index (κ2) is 10.2. The van der Waals surface area contributed by atoms with Crippen LogP contribution in [-0.2, 0) is 10.0 Å². The number of nitro groups is 1. The molecule has 4 aromatic carbocycles. The van der Waals surface area contributed by atoms with Crippen molar-refractivity contribution in [2.75, 3.05) is 10.3 Å². The number of nitrogens with two attached hydrogens (primary N) is 1. The van der Waals surface area contributed by atoms with Crippen LogP contribution in [0, 0.1) is 10.1 Å². The average molecular weight is 488 g/mol. The molecule has 9 nitrogen and oxygen atoms in total. The smallest absolute Gasteiger partial charge is 0.295 e. The minimum absolute atomic E-state index is 0.0367. The van der Waals surface area contributed by atoms with Crippen LogP contribution in [0.2, 0.25) is 0 Å². The Kier molecular flexibility index (Phi) is 6.86. The van der Waals surface area contributed by atoms with Gasteiger partial charge in [0.05, 0.1) is 16.0 Å². The molecule has 0 saturated heterocycles. The van der Waals surface area contributed by atoms with Crippen LogP contribution in [0.4, 0.5) is 28.4 Å². The van der Waals surface area contributed by atoms with E-state index < -0.39 is 20.6 Å². The Labute approximate surface area is 202 Å². The molecule has 0 spiro atoms. The van der Waals surface area contributed by atoms with E-state index in [2.05, 4.69) is 15.4 Å². The second-order valence-corrected chi connectivity index (χ2v) is 9.01. The third-order valence-electron chi connectivity index (χ3n) is 5.07. The molecule has 0 unspecified atom stereocenters. The summed E-state index contributed by atoms with van der Waals surface area (Å²) in [5.74, 6) is 0. The van der Waals surface area contributed by atoms with Gasteiger partial charge in [-0.1, -0.05) is 48.5 Å². The van der Waals surface area contributed by atoms with E-state index >= 15 is 0 Å².